The molecule has 0 bridgehead atoms. The Morgan fingerprint density at radius 2 is 1.74 bits per heavy atom. The molecule has 4 heterocycles. The third-order valence-electron chi connectivity index (χ3n) is 5.39. The summed E-state index contributed by atoms with van der Waals surface area (Å²) in [4.78, 5) is 0. The molecule has 3 N–H and O–H groups in total. The zero-order valence-electron chi connectivity index (χ0n) is 17.5. The van der Waals surface area contributed by atoms with Crippen molar-refractivity contribution in [2.24, 2.45) is 10.1 Å². The number of nitrogens with one attached hydrogen (secondary N) is 1. The van der Waals surface area contributed by atoms with Crippen molar-refractivity contribution < 1.29 is 36.8 Å². The number of fused-ring (bicyclic) bond motifs is 4. The number of hydrogen-bond acceptors (Lipinski definition) is 9. The van der Waals surface area contributed by atoms with Gasteiger partial charge in [-0.25, -0.2) is 0 Å². The zero-order chi connectivity index (χ0) is 22.2. The molecule has 0 aliphatic carbocycles. The molecule has 3 unspecified atom stereocenters. The van der Waals surface area contributed by atoms with Crippen molar-refractivity contribution in [1.29, 1.82) is 0 Å². The maximum absolute atomic E-state index is 11.8. The summed E-state index contributed by atoms with van der Waals surface area (Å²) < 4.78 is 65.6. The molecule has 1 aromatic carbocycles. The van der Waals surface area contributed by atoms with Gasteiger partial charge in [0.1, 0.15) is 36.8 Å². The Morgan fingerprint density at radius 1 is 1.06 bits per heavy atom. The maximum Gasteiger partial charge on any atom is 0.344 e. The molecular formula is C19H25N3O8S. The average molecular weight is 455 g/mol. The largest absolute Gasteiger partial charge is 0.490 e. The molecular weight excluding hydrogens is 430 g/mol. The molecule has 5 atom stereocenters. The fraction of sp³-hybridized carbons (Fsp3) is 0.632. The summed E-state index contributed by atoms with van der Waals surface area (Å²) in [6, 6.07) is 4.92. The van der Waals surface area contributed by atoms with Crippen LogP contribution in [0.2, 0.25) is 0 Å². The topological polar surface area (TPSA) is 140 Å². The molecule has 4 aliphatic rings. The molecule has 0 aromatic heterocycles. The van der Waals surface area contributed by atoms with E-state index in [4.69, 9.17) is 34.2 Å². The molecule has 0 saturated carbocycles. The van der Waals surface area contributed by atoms with Crippen LogP contribution in [0, 0.1) is 0 Å². The van der Waals surface area contributed by atoms with Crippen LogP contribution in [0.4, 0.5) is 5.69 Å². The fourth-order valence-corrected chi connectivity index (χ4v) is 5.18. The first-order chi connectivity index (χ1) is 14.4. The Labute approximate surface area is 180 Å². The minimum atomic E-state index is -3.88. The molecule has 0 radical (unpaired) electrons. The van der Waals surface area contributed by atoms with Gasteiger partial charge in [-0.05, 0) is 39.8 Å². The van der Waals surface area contributed by atoms with Crippen LogP contribution in [-0.2, 0) is 33.9 Å². The second kappa shape index (κ2) is 6.77. The fourth-order valence-electron chi connectivity index (χ4n) is 4.34. The van der Waals surface area contributed by atoms with E-state index in [9.17, 15) is 8.42 Å². The molecule has 5 rings (SSSR count). The molecule has 31 heavy (non-hydrogen) atoms. The van der Waals surface area contributed by atoms with Crippen molar-refractivity contribution in [2.75, 3.05) is 11.3 Å². The molecule has 0 amide bonds. The van der Waals surface area contributed by atoms with Crippen molar-refractivity contribution in [3.05, 3.63) is 23.8 Å². The van der Waals surface area contributed by atoms with Gasteiger partial charge in [0, 0.05) is 0 Å². The first-order valence-corrected chi connectivity index (χ1v) is 11.4. The highest BCUT2D eigenvalue weighted by molar-refractivity contribution is 7.91. The zero-order valence-corrected chi connectivity index (χ0v) is 18.3. The van der Waals surface area contributed by atoms with Gasteiger partial charge >= 0.3 is 10.2 Å². The van der Waals surface area contributed by atoms with Gasteiger partial charge in [-0.1, -0.05) is 6.07 Å². The first kappa shape index (κ1) is 20.9. The molecule has 3 saturated heterocycles. The molecule has 12 heteroatoms. The number of amidine groups is 1. The maximum atomic E-state index is 11.8. The van der Waals surface area contributed by atoms with Gasteiger partial charge in [0.25, 0.3) is 0 Å². The lowest BCUT2D eigenvalue weighted by molar-refractivity contribution is -0.238. The summed E-state index contributed by atoms with van der Waals surface area (Å²) >= 11 is 0. The summed E-state index contributed by atoms with van der Waals surface area (Å²) in [7, 11) is -3.88. The first-order valence-electron chi connectivity index (χ1n) is 9.94. The van der Waals surface area contributed by atoms with Crippen molar-refractivity contribution in [3.63, 3.8) is 0 Å². The normalized spacial score (nSPS) is 36.5. The molecule has 3 fully saturated rings. The minimum Gasteiger partial charge on any atom is -0.490 e. The predicted molar refractivity (Wildman–Crippen MR) is 108 cm³/mol. The summed E-state index contributed by atoms with van der Waals surface area (Å²) in [6.07, 6.45) is -2.44. The van der Waals surface area contributed by atoms with Gasteiger partial charge in [0.05, 0.1) is 11.3 Å². The van der Waals surface area contributed by atoms with Gasteiger partial charge in [-0.2, -0.15) is 8.42 Å². The Kier molecular flexibility index (Phi) is 4.57. The van der Waals surface area contributed by atoms with Gasteiger partial charge < -0.3 is 34.2 Å². The van der Waals surface area contributed by atoms with Crippen molar-refractivity contribution >= 4 is 21.7 Å². The lowest BCUT2D eigenvalue weighted by Crippen LogP contribution is -2.56. The Bertz CT molecular complexity index is 1040. The highest BCUT2D eigenvalue weighted by Gasteiger charge is 2.60. The summed E-state index contributed by atoms with van der Waals surface area (Å²) in [5.41, 5.74) is 6.55. The summed E-state index contributed by atoms with van der Waals surface area (Å²) in [6.45, 7) is 7.38. The molecule has 4 aliphatic heterocycles. The third-order valence-corrected chi connectivity index (χ3v) is 6.31. The quantitative estimate of drug-likeness (QED) is 0.678. The highest BCUT2D eigenvalue weighted by atomic mass is 32.2. The van der Waals surface area contributed by atoms with Crippen LogP contribution >= 0.6 is 0 Å². The van der Waals surface area contributed by atoms with Crippen LogP contribution in [0.1, 0.15) is 33.3 Å². The van der Waals surface area contributed by atoms with Crippen LogP contribution in [0.3, 0.4) is 0 Å². The van der Waals surface area contributed by atoms with Gasteiger partial charge in [-0.3, -0.25) is 4.72 Å². The van der Waals surface area contributed by atoms with Crippen molar-refractivity contribution in [1.82, 2.24) is 0 Å². The van der Waals surface area contributed by atoms with Crippen molar-refractivity contribution in [2.45, 2.75) is 70.0 Å². The third kappa shape index (κ3) is 3.77. The number of nitrogens with zero attached hydrogens (tertiary/aromatic N) is 1. The van der Waals surface area contributed by atoms with Gasteiger partial charge in [-0.15, -0.1) is 4.40 Å². The van der Waals surface area contributed by atoms with Crippen LogP contribution in [0.5, 0.6) is 5.75 Å². The van der Waals surface area contributed by atoms with E-state index < -0.39 is 52.5 Å². The van der Waals surface area contributed by atoms with Crippen LogP contribution in [0.25, 0.3) is 0 Å². The van der Waals surface area contributed by atoms with E-state index in [1.165, 1.54) is 0 Å². The molecule has 170 valence electrons. The van der Waals surface area contributed by atoms with E-state index in [1.54, 1.807) is 18.2 Å². The Morgan fingerprint density at radius 3 is 2.52 bits per heavy atom. The van der Waals surface area contributed by atoms with Crippen LogP contribution in [0.15, 0.2) is 22.6 Å². The lowest BCUT2D eigenvalue weighted by atomic mass is 9.99. The monoisotopic (exact) mass is 455 g/mol. The second-order valence-corrected chi connectivity index (χ2v) is 10.1. The average Bonchev–Trinajstić information content (AvgIpc) is 3.12. The van der Waals surface area contributed by atoms with Crippen LogP contribution < -0.4 is 15.2 Å². The predicted octanol–water partition coefficient (Wildman–Crippen LogP) is 0.838. The van der Waals surface area contributed by atoms with Gasteiger partial charge in [0.2, 0.25) is 0 Å². The number of nitrogens with two attached hydrogens (primary N) is 1. The smallest absolute Gasteiger partial charge is 0.344 e. The SMILES string of the molecule is CC1(C)OC2C3OC(C)(C)O[C@H]3C(COc3cccc4c3C(N)=NS(=O)(=O)N4)O[C@@H]2O1. The minimum absolute atomic E-state index is 0.0874. The second-order valence-electron chi connectivity index (χ2n) is 8.75. The van der Waals surface area contributed by atoms with E-state index in [0.717, 1.165) is 0 Å². The molecule has 0 spiro atoms. The van der Waals surface area contributed by atoms with E-state index in [1.807, 2.05) is 27.7 Å². The Hall–Kier alpha value is -1.96. The lowest BCUT2D eigenvalue weighted by Gasteiger charge is -2.37. The number of anilines is 1. The van der Waals surface area contributed by atoms with E-state index in [0.29, 0.717) is 17.0 Å². The van der Waals surface area contributed by atoms with Gasteiger partial charge in [0.15, 0.2) is 23.7 Å². The number of benzene rings is 1. The van der Waals surface area contributed by atoms with E-state index >= 15 is 0 Å². The molecule has 11 nitrogen and oxygen atoms in total. The van der Waals surface area contributed by atoms with E-state index in [-0.39, 0.29) is 12.4 Å². The molecule has 1 aromatic rings. The Balaban J connectivity index is 1.39. The number of ether oxygens (including phenoxy) is 6. The summed E-state index contributed by atoms with van der Waals surface area (Å²) in [5, 5.41) is 0. The highest BCUT2D eigenvalue weighted by Crippen LogP contribution is 2.44. The standard InChI is InChI=1S/C19H25N3O8S/c1-18(2)27-13-11(26-17-15(14(13)28-18)29-19(3,4)30-17)8-25-10-7-5-6-9-12(10)16(20)22-31(23,24)21-9/h5-7,11,13-15,17,21H,8H2,1-4H3,(H2,20,22)/t11?,13-,14?,15?,17+/m0/s1. The van der Waals surface area contributed by atoms with Crippen LogP contribution in [-0.4, -0.2) is 63.1 Å². The van der Waals surface area contributed by atoms with Crippen molar-refractivity contribution in [3.8, 4) is 5.75 Å². The van der Waals surface area contributed by atoms with E-state index in [2.05, 4.69) is 9.12 Å². The number of rotatable bonds is 3. The summed E-state index contributed by atoms with van der Waals surface area (Å²) in [5.74, 6) is -1.41. The number of hydrogen-bond donors (Lipinski definition) is 2.